The van der Waals surface area contributed by atoms with Crippen LogP contribution in [0.1, 0.15) is 61.4 Å². The molecule has 2 aliphatic rings. The summed E-state index contributed by atoms with van der Waals surface area (Å²) in [6, 6.07) is 14.3. The Morgan fingerprint density at radius 1 is 1.19 bits per heavy atom. The number of ether oxygens (including phenoxy) is 1. The molecule has 1 aliphatic carbocycles. The first kappa shape index (κ1) is 21.4. The van der Waals surface area contributed by atoms with Crippen molar-refractivity contribution in [2.24, 2.45) is 5.92 Å². The lowest BCUT2D eigenvalue weighted by molar-refractivity contribution is -0.134. The van der Waals surface area contributed by atoms with Gasteiger partial charge in [-0.25, -0.2) is 0 Å². The molecule has 4 rings (SSSR count). The predicted molar refractivity (Wildman–Crippen MR) is 121 cm³/mol. The molecule has 1 N–H and O–H groups in total. The van der Waals surface area contributed by atoms with Crippen molar-refractivity contribution >= 4 is 11.8 Å². The number of amides is 2. The van der Waals surface area contributed by atoms with Gasteiger partial charge in [-0.15, -0.1) is 0 Å². The molecular formula is C26H32N2O3. The van der Waals surface area contributed by atoms with Crippen LogP contribution in [0.4, 0.5) is 0 Å². The van der Waals surface area contributed by atoms with Crippen LogP contribution < -0.4 is 10.1 Å². The summed E-state index contributed by atoms with van der Waals surface area (Å²) in [6.45, 7) is 7.25. The standard InChI is InChI=1S/C26H32N2O3/c1-4-13-27-25(29)18(3)31-22-11-10-19-12-14-28(26(30)20-8-9-20)24(23(19)16-22)21-7-5-6-17(2)15-21/h5-7,10-11,15-16,18,20,24H,4,8-9,12-14H2,1-3H3,(H,27,29). The van der Waals surface area contributed by atoms with Crippen LogP contribution in [0.15, 0.2) is 42.5 Å². The zero-order chi connectivity index (χ0) is 22.0. The molecule has 0 saturated heterocycles. The van der Waals surface area contributed by atoms with E-state index in [0.717, 1.165) is 43.4 Å². The van der Waals surface area contributed by atoms with Crippen LogP contribution in [0, 0.1) is 12.8 Å². The van der Waals surface area contributed by atoms with Gasteiger partial charge in [-0.05, 0) is 68.4 Å². The smallest absolute Gasteiger partial charge is 0.260 e. The van der Waals surface area contributed by atoms with E-state index in [2.05, 4.69) is 47.5 Å². The van der Waals surface area contributed by atoms with Crippen LogP contribution in [-0.4, -0.2) is 35.9 Å². The molecule has 164 valence electrons. The Bertz CT molecular complexity index is 967. The topological polar surface area (TPSA) is 58.6 Å². The van der Waals surface area contributed by atoms with E-state index in [1.54, 1.807) is 6.92 Å². The maximum Gasteiger partial charge on any atom is 0.260 e. The van der Waals surface area contributed by atoms with Gasteiger partial charge >= 0.3 is 0 Å². The summed E-state index contributed by atoms with van der Waals surface area (Å²) in [4.78, 5) is 27.4. The molecule has 2 amide bonds. The second-order valence-corrected chi connectivity index (χ2v) is 8.78. The third-order valence-electron chi connectivity index (χ3n) is 6.14. The highest BCUT2D eigenvalue weighted by atomic mass is 16.5. The molecule has 5 heteroatoms. The Balaban J connectivity index is 1.66. The van der Waals surface area contributed by atoms with E-state index in [0.29, 0.717) is 12.3 Å². The van der Waals surface area contributed by atoms with E-state index in [1.807, 2.05) is 19.1 Å². The Kier molecular flexibility index (Phi) is 6.30. The largest absolute Gasteiger partial charge is 0.481 e. The van der Waals surface area contributed by atoms with Gasteiger partial charge in [-0.1, -0.05) is 42.8 Å². The van der Waals surface area contributed by atoms with Crippen molar-refractivity contribution in [1.29, 1.82) is 0 Å². The number of fused-ring (bicyclic) bond motifs is 1. The normalized spacial score (nSPS) is 18.8. The number of benzene rings is 2. The lowest BCUT2D eigenvalue weighted by Gasteiger charge is -2.38. The Labute approximate surface area is 184 Å². The SMILES string of the molecule is CCCNC(=O)C(C)Oc1ccc2c(c1)C(c1cccc(C)c1)N(C(=O)C1CC1)CC2. The molecule has 0 radical (unpaired) electrons. The van der Waals surface area contributed by atoms with Gasteiger partial charge in [0.05, 0.1) is 6.04 Å². The maximum atomic E-state index is 13.1. The van der Waals surface area contributed by atoms with E-state index in [4.69, 9.17) is 4.74 Å². The molecule has 0 bridgehead atoms. The average Bonchev–Trinajstić information content (AvgIpc) is 3.61. The van der Waals surface area contributed by atoms with Crippen molar-refractivity contribution in [2.45, 2.75) is 58.6 Å². The summed E-state index contributed by atoms with van der Waals surface area (Å²) in [5.74, 6) is 0.989. The van der Waals surface area contributed by atoms with E-state index in [1.165, 1.54) is 11.1 Å². The first-order valence-electron chi connectivity index (χ1n) is 11.4. The molecule has 2 aromatic rings. The first-order chi connectivity index (χ1) is 15.0. The zero-order valence-corrected chi connectivity index (χ0v) is 18.7. The number of nitrogens with zero attached hydrogens (tertiary/aromatic N) is 1. The summed E-state index contributed by atoms with van der Waals surface area (Å²) in [5, 5.41) is 2.88. The minimum atomic E-state index is -0.574. The highest BCUT2D eigenvalue weighted by molar-refractivity contribution is 5.82. The van der Waals surface area contributed by atoms with Gasteiger partial charge in [0, 0.05) is 19.0 Å². The third-order valence-corrected chi connectivity index (χ3v) is 6.14. The molecule has 0 spiro atoms. The van der Waals surface area contributed by atoms with E-state index >= 15 is 0 Å². The van der Waals surface area contributed by atoms with Crippen molar-refractivity contribution in [3.05, 3.63) is 64.7 Å². The molecule has 31 heavy (non-hydrogen) atoms. The number of carbonyl (C=O) groups excluding carboxylic acids is 2. The van der Waals surface area contributed by atoms with Crippen molar-refractivity contribution < 1.29 is 14.3 Å². The molecule has 5 nitrogen and oxygen atoms in total. The van der Waals surface area contributed by atoms with Gasteiger partial charge in [0.2, 0.25) is 5.91 Å². The second kappa shape index (κ2) is 9.13. The number of hydrogen-bond acceptors (Lipinski definition) is 3. The predicted octanol–water partition coefficient (Wildman–Crippen LogP) is 4.17. The van der Waals surface area contributed by atoms with Gasteiger partial charge in [-0.3, -0.25) is 9.59 Å². The fourth-order valence-corrected chi connectivity index (χ4v) is 4.32. The number of nitrogens with one attached hydrogen (secondary N) is 1. The van der Waals surface area contributed by atoms with Gasteiger partial charge in [-0.2, -0.15) is 0 Å². The molecule has 1 saturated carbocycles. The fraction of sp³-hybridized carbons (Fsp3) is 0.462. The summed E-state index contributed by atoms with van der Waals surface area (Å²) >= 11 is 0. The Morgan fingerprint density at radius 2 is 2.00 bits per heavy atom. The van der Waals surface area contributed by atoms with E-state index in [9.17, 15) is 9.59 Å². The number of carbonyl (C=O) groups is 2. The fourth-order valence-electron chi connectivity index (χ4n) is 4.32. The van der Waals surface area contributed by atoms with Gasteiger partial charge in [0.1, 0.15) is 5.75 Å². The third kappa shape index (κ3) is 4.76. The van der Waals surface area contributed by atoms with Crippen LogP contribution >= 0.6 is 0 Å². The van der Waals surface area contributed by atoms with Crippen molar-refractivity contribution in [3.63, 3.8) is 0 Å². The highest BCUT2D eigenvalue weighted by Gasteiger charge is 2.39. The highest BCUT2D eigenvalue weighted by Crippen LogP contribution is 2.41. The molecule has 0 aromatic heterocycles. The molecule has 1 fully saturated rings. The molecule has 2 atom stereocenters. The quantitative estimate of drug-likeness (QED) is 0.731. The van der Waals surface area contributed by atoms with E-state index in [-0.39, 0.29) is 23.8 Å². The number of rotatable bonds is 7. The second-order valence-electron chi connectivity index (χ2n) is 8.78. The lowest BCUT2D eigenvalue weighted by atomic mass is 9.87. The molecule has 2 unspecified atom stereocenters. The minimum absolute atomic E-state index is 0.111. The zero-order valence-electron chi connectivity index (χ0n) is 18.7. The van der Waals surface area contributed by atoms with Gasteiger partial charge < -0.3 is 15.0 Å². The molecule has 2 aromatic carbocycles. The van der Waals surface area contributed by atoms with Gasteiger partial charge in [0.15, 0.2) is 6.10 Å². The van der Waals surface area contributed by atoms with E-state index < -0.39 is 6.10 Å². The average molecular weight is 421 g/mol. The Hall–Kier alpha value is -2.82. The summed E-state index contributed by atoms with van der Waals surface area (Å²) in [5.41, 5.74) is 4.64. The monoisotopic (exact) mass is 420 g/mol. The van der Waals surface area contributed by atoms with Crippen LogP contribution in [0.2, 0.25) is 0 Å². The van der Waals surface area contributed by atoms with Crippen LogP contribution in [-0.2, 0) is 16.0 Å². The lowest BCUT2D eigenvalue weighted by Crippen LogP contribution is -2.41. The summed E-state index contributed by atoms with van der Waals surface area (Å²) in [7, 11) is 0. The van der Waals surface area contributed by atoms with Crippen LogP contribution in [0.25, 0.3) is 0 Å². The van der Waals surface area contributed by atoms with Crippen molar-refractivity contribution in [2.75, 3.05) is 13.1 Å². The first-order valence-corrected chi connectivity index (χ1v) is 11.4. The van der Waals surface area contributed by atoms with Crippen molar-refractivity contribution in [1.82, 2.24) is 10.2 Å². The van der Waals surface area contributed by atoms with Crippen LogP contribution in [0.3, 0.4) is 0 Å². The van der Waals surface area contributed by atoms with Gasteiger partial charge in [0.25, 0.3) is 5.91 Å². The maximum absolute atomic E-state index is 13.1. The number of aryl methyl sites for hydroxylation is 1. The summed E-state index contributed by atoms with van der Waals surface area (Å²) in [6.07, 6.45) is 3.14. The Morgan fingerprint density at radius 3 is 2.71 bits per heavy atom. The minimum Gasteiger partial charge on any atom is -0.481 e. The van der Waals surface area contributed by atoms with Crippen LogP contribution in [0.5, 0.6) is 5.75 Å². The summed E-state index contributed by atoms with van der Waals surface area (Å²) < 4.78 is 5.99. The number of hydrogen-bond donors (Lipinski definition) is 1. The molecule has 1 aliphatic heterocycles. The van der Waals surface area contributed by atoms with Crippen molar-refractivity contribution in [3.8, 4) is 5.75 Å². The molecular weight excluding hydrogens is 388 g/mol. The molecule has 1 heterocycles.